The zero-order valence-electron chi connectivity index (χ0n) is 22.8. The van der Waals surface area contributed by atoms with Gasteiger partial charge in [-0.05, 0) is 83.8 Å². The van der Waals surface area contributed by atoms with Crippen LogP contribution in [0.5, 0.6) is 17.2 Å². The monoisotopic (exact) mass is 524 g/mol. The van der Waals surface area contributed by atoms with Gasteiger partial charge in [0.15, 0.2) is 0 Å². The molecule has 202 valence electrons. The van der Waals surface area contributed by atoms with Gasteiger partial charge in [-0.1, -0.05) is 56.3 Å². The third-order valence-electron chi connectivity index (χ3n) is 6.65. The first-order valence-corrected chi connectivity index (χ1v) is 13.1. The molecule has 0 atom stereocenters. The molecule has 6 heteroatoms. The molecule has 0 aliphatic rings. The second kappa shape index (κ2) is 13.0. The zero-order chi connectivity index (χ0) is 27.7. The summed E-state index contributed by atoms with van der Waals surface area (Å²) in [5.41, 5.74) is 11.1. The standard InChI is InChI=1S/C33H36N2O4/c1-4-37-23-35-32(34)26-8-16-30(17-9-26)38-21-24-6-5-7-25(20-24)22-39-31-18-12-28(13-19-31)33(2,3)27-10-14-29(36)15-11-27/h5-20,36H,4,21-23H2,1-3H3,(H2,34,35). The summed E-state index contributed by atoms with van der Waals surface area (Å²) in [6.45, 7) is 8.03. The highest BCUT2D eigenvalue weighted by atomic mass is 16.5. The Morgan fingerprint density at radius 1 is 0.769 bits per heavy atom. The second-order valence-electron chi connectivity index (χ2n) is 9.78. The molecule has 4 aromatic rings. The van der Waals surface area contributed by atoms with Gasteiger partial charge in [0.05, 0.1) is 0 Å². The van der Waals surface area contributed by atoms with E-state index in [0.717, 1.165) is 33.8 Å². The van der Waals surface area contributed by atoms with Gasteiger partial charge in [0, 0.05) is 17.6 Å². The molecule has 0 spiro atoms. The van der Waals surface area contributed by atoms with E-state index in [4.69, 9.17) is 19.9 Å². The van der Waals surface area contributed by atoms with Gasteiger partial charge in [0.1, 0.15) is 43.0 Å². The lowest BCUT2D eigenvalue weighted by Crippen LogP contribution is -2.18. The van der Waals surface area contributed by atoms with Crippen molar-refractivity contribution >= 4 is 5.84 Å². The molecular formula is C33H36N2O4. The molecule has 0 aliphatic heterocycles. The Morgan fingerprint density at radius 2 is 1.28 bits per heavy atom. The van der Waals surface area contributed by atoms with E-state index in [1.165, 1.54) is 5.56 Å². The number of aliphatic imine (C=N–C) groups is 1. The van der Waals surface area contributed by atoms with Gasteiger partial charge in [0.25, 0.3) is 0 Å². The third-order valence-corrected chi connectivity index (χ3v) is 6.65. The Balaban J connectivity index is 1.30. The number of nitrogens with two attached hydrogens (primary N) is 1. The van der Waals surface area contributed by atoms with Crippen molar-refractivity contribution in [3.05, 3.63) is 125 Å². The molecule has 6 nitrogen and oxygen atoms in total. The molecule has 0 heterocycles. The highest BCUT2D eigenvalue weighted by Crippen LogP contribution is 2.33. The largest absolute Gasteiger partial charge is 0.508 e. The van der Waals surface area contributed by atoms with Crippen LogP contribution >= 0.6 is 0 Å². The van der Waals surface area contributed by atoms with Crippen LogP contribution in [0.3, 0.4) is 0 Å². The van der Waals surface area contributed by atoms with Crippen LogP contribution in [0.25, 0.3) is 0 Å². The molecule has 0 fully saturated rings. The Labute approximate surface area is 230 Å². The summed E-state index contributed by atoms with van der Waals surface area (Å²) in [6, 6.07) is 31.3. The van der Waals surface area contributed by atoms with Crippen molar-refractivity contribution in [2.24, 2.45) is 10.7 Å². The van der Waals surface area contributed by atoms with Gasteiger partial charge in [-0.15, -0.1) is 0 Å². The molecule has 0 aliphatic carbocycles. The first-order chi connectivity index (χ1) is 18.8. The predicted octanol–water partition coefficient (Wildman–Crippen LogP) is 6.58. The fourth-order valence-electron chi connectivity index (χ4n) is 4.17. The van der Waals surface area contributed by atoms with Gasteiger partial charge >= 0.3 is 0 Å². The van der Waals surface area contributed by atoms with Crippen molar-refractivity contribution in [3.63, 3.8) is 0 Å². The molecule has 0 saturated heterocycles. The first-order valence-electron chi connectivity index (χ1n) is 13.1. The van der Waals surface area contributed by atoms with E-state index < -0.39 is 0 Å². The summed E-state index contributed by atoms with van der Waals surface area (Å²) in [7, 11) is 0. The number of nitrogens with zero attached hydrogens (tertiary/aromatic N) is 1. The van der Waals surface area contributed by atoms with Gasteiger partial charge in [-0.3, -0.25) is 0 Å². The summed E-state index contributed by atoms with van der Waals surface area (Å²) in [5, 5.41) is 9.60. The minimum atomic E-state index is -0.190. The lowest BCUT2D eigenvalue weighted by atomic mass is 9.78. The summed E-state index contributed by atoms with van der Waals surface area (Å²) in [4.78, 5) is 4.20. The van der Waals surface area contributed by atoms with Gasteiger partial charge < -0.3 is 25.1 Å². The van der Waals surface area contributed by atoms with Gasteiger partial charge in [0.2, 0.25) is 0 Å². The van der Waals surface area contributed by atoms with Crippen molar-refractivity contribution in [2.45, 2.75) is 39.4 Å². The topological polar surface area (TPSA) is 86.3 Å². The van der Waals surface area contributed by atoms with Crippen LogP contribution in [0, 0.1) is 0 Å². The fourth-order valence-corrected chi connectivity index (χ4v) is 4.17. The molecule has 3 N–H and O–H groups in total. The highest BCUT2D eigenvalue weighted by Gasteiger charge is 2.23. The maximum Gasteiger partial charge on any atom is 0.139 e. The maximum absolute atomic E-state index is 9.60. The Hall–Kier alpha value is -4.29. The van der Waals surface area contributed by atoms with Crippen molar-refractivity contribution in [1.82, 2.24) is 0 Å². The number of phenolic OH excluding ortho intramolecular Hbond substituents is 1. The van der Waals surface area contributed by atoms with Crippen molar-refractivity contribution < 1.29 is 19.3 Å². The van der Waals surface area contributed by atoms with Crippen LogP contribution in [-0.2, 0) is 23.4 Å². The maximum atomic E-state index is 9.60. The van der Waals surface area contributed by atoms with Crippen molar-refractivity contribution in [1.29, 1.82) is 0 Å². The van der Waals surface area contributed by atoms with Crippen molar-refractivity contribution in [3.8, 4) is 17.2 Å². The molecule has 4 aromatic carbocycles. The second-order valence-corrected chi connectivity index (χ2v) is 9.78. The van der Waals surface area contributed by atoms with Crippen LogP contribution in [0.4, 0.5) is 0 Å². The van der Waals surface area contributed by atoms with Crippen LogP contribution < -0.4 is 15.2 Å². The number of hydrogen-bond acceptors (Lipinski definition) is 5. The lowest BCUT2D eigenvalue weighted by molar-refractivity contribution is 0.156. The number of benzene rings is 4. The smallest absolute Gasteiger partial charge is 0.139 e. The van der Waals surface area contributed by atoms with Crippen LogP contribution in [0.1, 0.15) is 48.6 Å². The van der Waals surface area contributed by atoms with E-state index in [9.17, 15) is 5.11 Å². The van der Waals surface area contributed by atoms with Gasteiger partial charge in [-0.2, -0.15) is 0 Å². The summed E-state index contributed by atoms with van der Waals surface area (Å²) < 4.78 is 17.3. The SMILES string of the molecule is CCOC/N=C(\N)c1ccc(OCc2cccc(COc3ccc(C(C)(C)c4ccc(O)cc4)cc3)c2)cc1. The minimum absolute atomic E-state index is 0.190. The number of amidine groups is 1. The van der Waals surface area contributed by atoms with E-state index in [1.54, 1.807) is 12.1 Å². The minimum Gasteiger partial charge on any atom is -0.508 e. The van der Waals surface area contributed by atoms with Crippen LogP contribution in [-0.4, -0.2) is 24.3 Å². The van der Waals surface area contributed by atoms with E-state index in [2.05, 4.69) is 37.0 Å². The molecule has 0 amide bonds. The predicted molar refractivity (Wildman–Crippen MR) is 155 cm³/mol. The highest BCUT2D eigenvalue weighted by molar-refractivity contribution is 5.97. The Kier molecular flexibility index (Phi) is 9.23. The molecule has 0 saturated carbocycles. The zero-order valence-corrected chi connectivity index (χ0v) is 22.8. The summed E-state index contributed by atoms with van der Waals surface area (Å²) in [6.07, 6.45) is 0. The van der Waals surface area contributed by atoms with Crippen molar-refractivity contribution in [2.75, 3.05) is 13.3 Å². The molecule has 0 unspecified atom stereocenters. The number of aromatic hydroxyl groups is 1. The third kappa shape index (κ3) is 7.62. The van der Waals surface area contributed by atoms with E-state index in [-0.39, 0.29) is 17.9 Å². The molecule has 0 aromatic heterocycles. The van der Waals surface area contributed by atoms with E-state index in [0.29, 0.717) is 25.7 Å². The molecule has 39 heavy (non-hydrogen) atoms. The van der Waals surface area contributed by atoms with Crippen LogP contribution in [0.2, 0.25) is 0 Å². The Bertz CT molecular complexity index is 1360. The molecular weight excluding hydrogens is 488 g/mol. The number of phenols is 1. The molecule has 0 bridgehead atoms. The normalized spacial score (nSPS) is 11.8. The molecule has 0 radical (unpaired) electrons. The molecule has 4 rings (SSSR count). The van der Waals surface area contributed by atoms with E-state index in [1.807, 2.05) is 73.7 Å². The number of hydrogen-bond donors (Lipinski definition) is 2. The quantitative estimate of drug-likeness (QED) is 0.124. The first kappa shape index (κ1) is 27.7. The summed E-state index contributed by atoms with van der Waals surface area (Å²) in [5.74, 6) is 2.28. The summed E-state index contributed by atoms with van der Waals surface area (Å²) >= 11 is 0. The lowest BCUT2D eigenvalue weighted by Gasteiger charge is -2.26. The average Bonchev–Trinajstić information content (AvgIpc) is 2.96. The number of rotatable bonds is 12. The Morgan fingerprint density at radius 3 is 1.82 bits per heavy atom. The van der Waals surface area contributed by atoms with E-state index >= 15 is 0 Å². The average molecular weight is 525 g/mol. The fraction of sp³-hybridized carbons (Fsp3) is 0.242. The van der Waals surface area contributed by atoms with Gasteiger partial charge in [-0.25, -0.2) is 4.99 Å². The number of ether oxygens (including phenoxy) is 3. The van der Waals surface area contributed by atoms with Crippen LogP contribution in [0.15, 0.2) is 102 Å².